The molecule has 0 fully saturated rings. The Morgan fingerprint density at radius 3 is 1.45 bits per heavy atom. The minimum absolute atomic E-state index is 0.0303. The first kappa shape index (κ1) is 30.2. The number of Topliss-reactive ketones (excluding diaryl/α,β-unsaturated/α-hetero) is 1. The topological polar surface area (TPSA) is 232 Å². The lowest BCUT2D eigenvalue weighted by Crippen LogP contribution is -2.53. The fourth-order valence-electron chi connectivity index (χ4n) is 2.64. The highest BCUT2D eigenvalue weighted by Gasteiger charge is 2.34. The van der Waals surface area contributed by atoms with E-state index in [4.69, 9.17) is 14.9 Å². The monoisotopic (exact) mass is 459 g/mol. The van der Waals surface area contributed by atoms with Crippen LogP contribution in [0.4, 0.5) is 0 Å². The highest BCUT2D eigenvalue weighted by Crippen LogP contribution is 2.10. The normalized spacial score (nSPS) is 20.0. The Bertz CT molecular complexity index is 454. The molecule has 0 saturated heterocycles. The Morgan fingerprint density at radius 2 is 1.10 bits per heavy atom. The Hall–Kier alpha value is -0.810. The van der Waals surface area contributed by atoms with Gasteiger partial charge in [0.15, 0.2) is 0 Å². The molecule has 0 aromatic rings. The van der Waals surface area contributed by atoms with Crippen LogP contribution in [0.3, 0.4) is 0 Å². The Labute approximate surface area is 180 Å². The van der Waals surface area contributed by atoms with Crippen LogP contribution in [0.2, 0.25) is 0 Å². The summed E-state index contributed by atoms with van der Waals surface area (Å²) in [6, 6.07) is 0. The van der Waals surface area contributed by atoms with Crippen LogP contribution in [0.25, 0.3) is 0 Å². The molecule has 0 aliphatic rings. The van der Waals surface area contributed by atoms with Crippen molar-refractivity contribution in [2.45, 2.75) is 62.2 Å². The molecule has 31 heavy (non-hydrogen) atoms. The maximum absolute atomic E-state index is 10.9. The van der Waals surface area contributed by atoms with Gasteiger partial charge >= 0.3 is 0 Å². The van der Waals surface area contributed by atoms with Gasteiger partial charge in [0.25, 0.3) is 0 Å². The summed E-state index contributed by atoms with van der Waals surface area (Å²) in [5.74, 6) is -0.0817. The summed E-state index contributed by atoms with van der Waals surface area (Å²) in [6.07, 6.45) is -13.9. The molecular formula is C18H37NO12. The van der Waals surface area contributed by atoms with Crippen molar-refractivity contribution in [3.8, 4) is 0 Å². The summed E-state index contributed by atoms with van der Waals surface area (Å²) in [4.78, 5) is 12.2. The molecule has 0 unspecified atom stereocenters. The number of carbonyl (C=O) groups is 1. The smallest absolute Gasteiger partial charge is 0.132 e. The van der Waals surface area contributed by atoms with Crippen molar-refractivity contribution < 1.29 is 60.6 Å². The molecule has 0 amide bonds. The fourth-order valence-corrected chi connectivity index (χ4v) is 2.64. The Morgan fingerprint density at radius 1 is 0.710 bits per heavy atom. The van der Waals surface area contributed by atoms with Crippen molar-refractivity contribution in [1.29, 1.82) is 0 Å². The molecule has 10 N–H and O–H groups in total. The summed E-state index contributed by atoms with van der Waals surface area (Å²) in [7, 11) is 0. The van der Waals surface area contributed by atoms with Crippen LogP contribution in [0.5, 0.6) is 0 Å². The second-order valence-electron chi connectivity index (χ2n) is 7.42. The van der Waals surface area contributed by atoms with Crippen molar-refractivity contribution >= 4 is 5.78 Å². The third kappa shape index (κ3) is 11.6. The van der Waals surface area contributed by atoms with E-state index >= 15 is 0 Å². The van der Waals surface area contributed by atoms with E-state index in [1.54, 1.807) is 0 Å². The van der Waals surface area contributed by atoms with Gasteiger partial charge < -0.3 is 55.8 Å². The summed E-state index contributed by atoms with van der Waals surface area (Å²) in [5, 5.41) is 96.2. The number of carbonyl (C=O) groups excluding carboxylic acids is 1. The molecule has 0 spiro atoms. The van der Waals surface area contributed by atoms with Crippen molar-refractivity contribution in [2.75, 3.05) is 46.1 Å². The SMILES string of the molecule is CC(=O)CCOCCN(C[C@H](O)[C@@H](O)[C@H](O)[C@H](O)CO)C[C@H](O)[C@@H](O)[C@H](O)[C@H](O)CO. The standard InChI is InChI=1S/C18H37NO12/c1-10(22)2-4-31-5-3-19(6-11(23)15(27)17(29)13(25)8-20)7-12(24)16(28)18(30)14(26)9-21/h11-18,20-21,23-30H,2-9H2,1H3/t11-,12-,13+,14+,15+,16+,17+,18+/m0/s1. The molecule has 0 rings (SSSR count). The minimum atomic E-state index is -1.86. The van der Waals surface area contributed by atoms with Gasteiger partial charge in [-0.1, -0.05) is 0 Å². The van der Waals surface area contributed by atoms with Crippen LogP contribution < -0.4 is 0 Å². The van der Waals surface area contributed by atoms with Crippen LogP contribution >= 0.6 is 0 Å². The number of aliphatic hydroxyl groups excluding tert-OH is 10. The van der Waals surface area contributed by atoms with Gasteiger partial charge in [-0.05, 0) is 6.92 Å². The first-order chi connectivity index (χ1) is 14.5. The van der Waals surface area contributed by atoms with Crippen molar-refractivity contribution in [3.05, 3.63) is 0 Å². The lowest BCUT2D eigenvalue weighted by Gasteiger charge is -2.33. The first-order valence-corrected chi connectivity index (χ1v) is 9.91. The van der Waals surface area contributed by atoms with Crippen molar-refractivity contribution in [3.63, 3.8) is 0 Å². The van der Waals surface area contributed by atoms with Crippen LogP contribution in [0.1, 0.15) is 13.3 Å². The number of nitrogens with zero attached hydrogens (tertiary/aromatic N) is 1. The molecule has 0 heterocycles. The van der Waals surface area contributed by atoms with Crippen LogP contribution in [-0.4, -0.2) is 157 Å². The zero-order chi connectivity index (χ0) is 24.1. The maximum Gasteiger partial charge on any atom is 0.132 e. The quantitative estimate of drug-likeness (QED) is 0.0861. The highest BCUT2D eigenvalue weighted by molar-refractivity contribution is 5.75. The van der Waals surface area contributed by atoms with E-state index in [9.17, 15) is 45.6 Å². The molecule has 0 saturated carbocycles. The zero-order valence-corrected chi connectivity index (χ0v) is 17.5. The number of aliphatic hydroxyl groups is 10. The van der Waals surface area contributed by atoms with Gasteiger partial charge in [0.1, 0.15) is 42.4 Å². The molecular weight excluding hydrogens is 422 g/mol. The predicted molar refractivity (Wildman–Crippen MR) is 105 cm³/mol. The molecule has 13 nitrogen and oxygen atoms in total. The van der Waals surface area contributed by atoms with E-state index < -0.39 is 62.0 Å². The third-order valence-electron chi connectivity index (χ3n) is 4.69. The average Bonchev–Trinajstić information content (AvgIpc) is 2.74. The van der Waals surface area contributed by atoms with Gasteiger partial charge in [-0.2, -0.15) is 0 Å². The summed E-state index contributed by atoms with van der Waals surface area (Å²) < 4.78 is 5.27. The largest absolute Gasteiger partial charge is 0.394 e. The summed E-state index contributed by atoms with van der Waals surface area (Å²) >= 11 is 0. The lowest BCUT2D eigenvalue weighted by atomic mass is 10.0. The summed E-state index contributed by atoms with van der Waals surface area (Å²) in [6.45, 7) is -0.885. The maximum atomic E-state index is 10.9. The number of ether oxygens (including phenoxy) is 1. The van der Waals surface area contributed by atoms with Gasteiger partial charge in [0, 0.05) is 26.1 Å². The van der Waals surface area contributed by atoms with Gasteiger partial charge in [-0.25, -0.2) is 0 Å². The molecule has 0 aliphatic heterocycles. The lowest BCUT2D eigenvalue weighted by molar-refractivity contribution is -0.131. The van der Waals surface area contributed by atoms with Crippen molar-refractivity contribution in [1.82, 2.24) is 4.90 Å². The van der Waals surface area contributed by atoms with E-state index in [2.05, 4.69) is 0 Å². The molecule has 0 aromatic carbocycles. The number of rotatable bonds is 18. The van der Waals surface area contributed by atoms with E-state index in [0.717, 1.165) is 0 Å². The highest BCUT2D eigenvalue weighted by atomic mass is 16.5. The second-order valence-corrected chi connectivity index (χ2v) is 7.42. The third-order valence-corrected chi connectivity index (χ3v) is 4.69. The van der Waals surface area contributed by atoms with E-state index in [-0.39, 0.29) is 45.1 Å². The molecule has 0 bridgehead atoms. The van der Waals surface area contributed by atoms with Crippen LogP contribution in [-0.2, 0) is 9.53 Å². The van der Waals surface area contributed by atoms with E-state index in [1.807, 2.05) is 0 Å². The second kappa shape index (κ2) is 15.9. The van der Waals surface area contributed by atoms with Gasteiger partial charge in [0.05, 0.1) is 38.6 Å². The molecule has 0 aromatic heterocycles. The van der Waals surface area contributed by atoms with E-state index in [1.165, 1.54) is 11.8 Å². The van der Waals surface area contributed by atoms with Crippen LogP contribution in [0.15, 0.2) is 0 Å². The molecule has 0 aliphatic carbocycles. The molecule has 8 atom stereocenters. The number of hydrogen-bond acceptors (Lipinski definition) is 13. The predicted octanol–water partition coefficient (Wildman–Crippen LogP) is -5.84. The average molecular weight is 459 g/mol. The van der Waals surface area contributed by atoms with Gasteiger partial charge in [-0.3, -0.25) is 9.69 Å². The number of ketones is 1. The fraction of sp³-hybridized carbons (Fsp3) is 0.944. The summed E-state index contributed by atoms with van der Waals surface area (Å²) in [5.41, 5.74) is 0. The number of hydrogen-bond donors (Lipinski definition) is 10. The minimum Gasteiger partial charge on any atom is -0.394 e. The Kier molecular flexibility index (Phi) is 15.5. The van der Waals surface area contributed by atoms with E-state index in [0.29, 0.717) is 0 Å². The molecule has 13 heteroatoms. The Balaban J connectivity index is 5.03. The van der Waals surface area contributed by atoms with Gasteiger partial charge in [-0.15, -0.1) is 0 Å². The first-order valence-electron chi connectivity index (χ1n) is 9.91. The van der Waals surface area contributed by atoms with Crippen molar-refractivity contribution in [2.24, 2.45) is 0 Å². The van der Waals surface area contributed by atoms with Gasteiger partial charge in [0.2, 0.25) is 0 Å². The molecule has 0 radical (unpaired) electrons. The zero-order valence-electron chi connectivity index (χ0n) is 17.5. The molecule has 186 valence electrons. The van der Waals surface area contributed by atoms with Crippen LogP contribution in [0, 0.1) is 0 Å².